The molecule has 0 amide bonds. The van der Waals surface area contributed by atoms with E-state index in [1.807, 2.05) is 6.92 Å². The quantitative estimate of drug-likeness (QED) is 0.363. The molecule has 1 aliphatic rings. The topological polar surface area (TPSA) is 26.3 Å². The Morgan fingerprint density at radius 2 is 1.24 bits per heavy atom. The highest BCUT2D eigenvalue weighted by molar-refractivity contribution is 7.84. The summed E-state index contributed by atoms with van der Waals surface area (Å²) in [5, 5.41) is 1.34. The van der Waals surface area contributed by atoms with E-state index in [1.165, 1.54) is 16.4 Å². The van der Waals surface area contributed by atoms with Crippen molar-refractivity contribution in [1.29, 1.82) is 0 Å². The first-order chi connectivity index (χ1) is 14.3. The van der Waals surface area contributed by atoms with Gasteiger partial charge in [-0.25, -0.2) is 4.79 Å². The molecule has 2 atom stereocenters. The summed E-state index contributed by atoms with van der Waals surface area (Å²) in [6, 6.07) is 32.3. The molecular formula is C26H28O2P+. The number of carbonyl (C=O) groups excluding carboxylic acids is 1. The summed E-state index contributed by atoms with van der Waals surface area (Å²) in [4.78, 5) is 12.9. The second-order valence-electron chi connectivity index (χ2n) is 7.66. The first kappa shape index (κ1) is 19.9. The largest absolute Gasteiger partial charge is 0.463 e. The number of rotatable bonds is 6. The molecule has 1 heterocycles. The molecule has 0 saturated carbocycles. The molecule has 3 aromatic rings. The van der Waals surface area contributed by atoms with Crippen LogP contribution in [0.2, 0.25) is 0 Å². The molecule has 0 radical (unpaired) electrons. The van der Waals surface area contributed by atoms with Gasteiger partial charge in [-0.1, -0.05) is 78.9 Å². The van der Waals surface area contributed by atoms with Gasteiger partial charge in [0.15, 0.2) is 6.16 Å². The van der Waals surface area contributed by atoms with Crippen molar-refractivity contribution >= 4 is 18.5 Å². The highest BCUT2D eigenvalue weighted by Crippen LogP contribution is 2.83. The van der Waals surface area contributed by atoms with Crippen LogP contribution in [0.3, 0.4) is 0 Å². The van der Waals surface area contributed by atoms with Crippen molar-refractivity contribution in [3.8, 4) is 0 Å². The summed E-state index contributed by atoms with van der Waals surface area (Å²) in [7, 11) is -1.92. The fourth-order valence-corrected chi connectivity index (χ4v) is 10.7. The Bertz CT molecular complexity index is 877. The van der Waals surface area contributed by atoms with Gasteiger partial charge in [0.25, 0.3) is 0 Å². The minimum Gasteiger partial charge on any atom is -0.463 e. The van der Waals surface area contributed by atoms with Crippen LogP contribution in [-0.4, -0.2) is 18.7 Å². The maximum atomic E-state index is 12.9. The first-order valence-corrected chi connectivity index (χ1v) is 12.6. The van der Waals surface area contributed by atoms with Crippen molar-refractivity contribution in [3.63, 3.8) is 0 Å². The number of hydrogen-bond donors (Lipinski definition) is 0. The lowest BCUT2D eigenvalue weighted by molar-refractivity contribution is -0.140. The van der Waals surface area contributed by atoms with Gasteiger partial charge in [0.2, 0.25) is 0 Å². The van der Waals surface area contributed by atoms with Gasteiger partial charge in [-0.15, -0.1) is 0 Å². The summed E-state index contributed by atoms with van der Waals surface area (Å²) >= 11 is 0. The predicted molar refractivity (Wildman–Crippen MR) is 122 cm³/mol. The van der Waals surface area contributed by atoms with Crippen LogP contribution in [0.15, 0.2) is 91.0 Å². The second kappa shape index (κ2) is 8.93. The highest BCUT2D eigenvalue weighted by atomic mass is 31.2. The van der Waals surface area contributed by atoms with E-state index >= 15 is 0 Å². The predicted octanol–water partition coefficient (Wildman–Crippen LogP) is 6.17. The van der Waals surface area contributed by atoms with Crippen molar-refractivity contribution in [1.82, 2.24) is 0 Å². The zero-order valence-corrected chi connectivity index (χ0v) is 17.8. The molecule has 0 aromatic heterocycles. The van der Waals surface area contributed by atoms with E-state index in [0.717, 1.165) is 12.8 Å². The second-order valence-corrected chi connectivity index (χ2v) is 11.6. The molecule has 2 nitrogen and oxygen atoms in total. The van der Waals surface area contributed by atoms with Crippen LogP contribution in [-0.2, 0) is 9.53 Å². The highest BCUT2D eigenvalue weighted by Gasteiger charge is 2.60. The van der Waals surface area contributed by atoms with Crippen molar-refractivity contribution in [2.75, 3.05) is 12.8 Å². The molecular weight excluding hydrogens is 375 g/mol. The fourth-order valence-electron chi connectivity index (χ4n) is 5.01. The normalized spacial score (nSPS) is 23.6. The summed E-state index contributed by atoms with van der Waals surface area (Å²) in [6.07, 6.45) is 2.71. The molecule has 1 aliphatic heterocycles. The monoisotopic (exact) mass is 403 g/mol. The standard InChI is InChI=1S/C26H28O2P/c1-2-28-26(27)20-29(23-16-10-5-11-17-23)24(21-12-6-3-7-13-21)18-19-25(29)22-14-8-4-9-15-22/h3-17,24-25H,2,18-20H2,1H3/q+1. The van der Waals surface area contributed by atoms with E-state index in [9.17, 15) is 4.79 Å². The van der Waals surface area contributed by atoms with Crippen LogP contribution in [0.4, 0.5) is 0 Å². The molecule has 0 spiro atoms. The average molecular weight is 403 g/mol. The lowest BCUT2D eigenvalue weighted by atomic mass is 10.0. The average Bonchev–Trinajstić information content (AvgIpc) is 3.15. The van der Waals surface area contributed by atoms with Crippen molar-refractivity contribution < 1.29 is 9.53 Å². The van der Waals surface area contributed by atoms with Gasteiger partial charge in [-0.3, -0.25) is 0 Å². The van der Waals surface area contributed by atoms with Crippen molar-refractivity contribution in [2.24, 2.45) is 0 Å². The molecule has 29 heavy (non-hydrogen) atoms. The molecule has 4 rings (SSSR count). The van der Waals surface area contributed by atoms with Crippen LogP contribution in [0.1, 0.15) is 42.2 Å². The molecule has 0 aliphatic carbocycles. The van der Waals surface area contributed by atoms with Gasteiger partial charge >= 0.3 is 5.97 Å². The molecule has 0 bridgehead atoms. The molecule has 3 heteroatoms. The summed E-state index contributed by atoms with van der Waals surface area (Å²) in [5.74, 6) is -0.0616. The minimum absolute atomic E-state index is 0.0616. The van der Waals surface area contributed by atoms with Gasteiger partial charge < -0.3 is 4.74 Å². The molecule has 0 N–H and O–H groups in total. The van der Waals surface area contributed by atoms with Gasteiger partial charge in [0, 0.05) is 0 Å². The molecule has 1 saturated heterocycles. The van der Waals surface area contributed by atoms with E-state index in [4.69, 9.17) is 4.74 Å². The third kappa shape index (κ3) is 3.87. The Morgan fingerprint density at radius 3 is 1.69 bits per heavy atom. The lowest BCUT2D eigenvalue weighted by Crippen LogP contribution is -2.26. The first-order valence-electron chi connectivity index (χ1n) is 10.4. The lowest BCUT2D eigenvalue weighted by Gasteiger charge is -2.34. The number of esters is 1. The van der Waals surface area contributed by atoms with Gasteiger partial charge in [-0.05, 0) is 43.0 Å². The summed E-state index contributed by atoms with van der Waals surface area (Å²) in [6.45, 7) is 2.32. The Morgan fingerprint density at radius 1 is 0.793 bits per heavy atom. The maximum Gasteiger partial charge on any atom is 0.344 e. The Hall–Kier alpha value is -2.44. The molecule has 1 fully saturated rings. The summed E-state index contributed by atoms with van der Waals surface area (Å²) < 4.78 is 5.51. The fraction of sp³-hybridized carbons (Fsp3) is 0.269. The molecule has 2 unspecified atom stereocenters. The summed E-state index contributed by atoms with van der Waals surface area (Å²) in [5.41, 5.74) is 3.46. The van der Waals surface area contributed by atoms with Crippen LogP contribution >= 0.6 is 7.26 Å². The Balaban J connectivity index is 1.91. The van der Waals surface area contributed by atoms with E-state index in [2.05, 4.69) is 91.0 Å². The zero-order valence-electron chi connectivity index (χ0n) is 16.9. The zero-order chi connectivity index (χ0) is 20.1. The smallest absolute Gasteiger partial charge is 0.344 e. The van der Waals surface area contributed by atoms with Crippen molar-refractivity contribution in [2.45, 2.75) is 31.1 Å². The van der Waals surface area contributed by atoms with Crippen LogP contribution in [0.5, 0.6) is 0 Å². The van der Waals surface area contributed by atoms with E-state index < -0.39 is 7.26 Å². The van der Waals surface area contributed by atoms with E-state index in [1.54, 1.807) is 0 Å². The van der Waals surface area contributed by atoms with Crippen LogP contribution < -0.4 is 5.30 Å². The number of ether oxygens (including phenoxy) is 1. The molecule has 148 valence electrons. The van der Waals surface area contributed by atoms with Gasteiger partial charge in [0.05, 0.1) is 19.2 Å². The third-order valence-corrected chi connectivity index (χ3v) is 11.5. The maximum absolute atomic E-state index is 12.9. The number of carbonyl (C=O) groups is 1. The Labute approximate surface area is 174 Å². The SMILES string of the molecule is CCOC(=O)C[P+]1(c2ccccc2)C(c2ccccc2)CCC1c1ccccc1. The minimum atomic E-state index is -1.92. The third-order valence-electron chi connectivity index (χ3n) is 6.13. The Kier molecular flexibility index (Phi) is 6.11. The van der Waals surface area contributed by atoms with Crippen LogP contribution in [0, 0.1) is 0 Å². The van der Waals surface area contributed by atoms with Gasteiger partial charge in [0.1, 0.15) is 11.3 Å². The number of benzene rings is 3. The van der Waals surface area contributed by atoms with Crippen molar-refractivity contribution in [3.05, 3.63) is 102 Å². The van der Waals surface area contributed by atoms with Gasteiger partial charge in [-0.2, -0.15) is 0 Å². The van der Waals surface area contributed by atoms with E-state index in [-0.39, 0.29) is 5.97 Å². The van der Waals surface area contributed by atoms with Crippen LogP contribution in [0.25, 0.3) is 0 Å². The number of hydrogen-bond acceptors (Lipinski definition) is 2. The van der Waals surface area contributed by atoms with E-state index in [0.29, 0.717) is 24.1 Å². The molecule has 3 aromatic carbocycles.